The molecule has 8 heteroatoms. The van der Waals surface area contributed by atoms with Crippen LogP contribution in [-0.4, -0.2) is 51.8 Å². The van der Waals surface area contributed by atoms with Gasteiger partial charge in [-0.25, -0.2) is 9.78 Å². The van der Waals surface area contributed by atoms with E-state index in [4.69, 9.17) is 0 Å². The molecule has 4 amide bonds. The highest BCUT2D eigenvalue weighted by Crippen LogP contribution is 2.39. The average molecular weight is 398 g/mol. The number of imide groups is 1. The van der Waals surface area contributed by atoms with Gasteiger partial charge in [0.05, 0.1) is 5.69 Å². The Kier molecular flexibility index (Phi) is 4.89. The summed E-state index contributed by atoms with van der Waals surface area (Å²) in [4.78, 5) is 45.1. The Morgan fingerprint density at radius 2 is 1.89 bits per heavy atom. The number of urea groups is 1. The van der Waals surface area contributed by atoms with Crippen molar-refractivity contribution in [1.82, 2.24) is 14.8 Å². The summed E-state index contributed by atoms with van der Waals surface area (Å²) in [5.41, 5.74) is 0.970. The Labute approximate surface area is 167 Å². The lowest BCUT2D eigenvalue weighted by Crippen LogP contribution is -2.49. The summed E-state index contributed by atoms with van der Waals surface area (Å²) in [6, 6.07) is 9.28. The van der Waals surface area contributed by atoms with Crippen LogP contribution in [0.1, 0.15) is 32.1 Å². The van der Waals surface area contributed by atoms with E-state index in [1.807, 2.05) is 35.7 Å². The zero-order valence-corrected chi connectivity index (χ0v) is 16.5. The van der Waals surface area contributed by atoms with Gasteiger partial charge >= 0.3 is 6.03 Å². The maximum Gasteiger partial charge on any atom is 0.327 e. The molecule has 1 saturated heterocycles. The van der Waals surface area contributed by atoms with Gasteiger partial charge in [-0.15, -0.1) is 11.3 Å². The minimum Gasteiger partial charge on any atom is -0.313 e. The Hall–Kier alpha value is -2.74. The van der Waals surface area contributed by atoms with Gasteiger partial charge in [-0.2, -0.15) is 0 Å². The number of nitrogens with one attached hydrogen (secondary N) is 1. The first kappa shape index (κ1) is 18.6. The van der Waals surface area contributed by atoms with Gasteiger partial charge in [0, 0.05) is 18.0 Å². The minimum absolute atomic E-state index is 0.251. The van der Waals surface area contributed by atoms with E-state index >= 15 is 0 Å². The Morgan fingerprint density at radius 1 is 1.18 bits per heavy atom. The van der Waals surface area contributed by atoms with E-state index < -0.39 is 17.5 Å². The molecule has 2 aromatic rings. The maximum atomic E-state index is 13.0. The molecule has 1 N–H and O–H groups in total. The van der Waals surface area contributed by atoms with Gasteiger partial charge < -0.3 is 10.2 Å². The number of thiazole rings is 1. The first-order valence-corrected chi connectivity index (χ1v) is 10.3. The van der Waals surface area contributed by atoms with Crippen LogP contribution in [0.5, 0.6) is 0 Å². The van der Waals surface area contributed by atoms with E-state index in [1.54, 1.807) is 7.05 Å². The molecule has 1 spiro atoms. The van der Waals surface area contributed by atoms with Crippen molar-refractivity contribution in [3.05, 3.63) is 35.7 Å². The van der Waals surface area contributed by atoms with Crippen LogP contribution in [0.2, 0.25) is 0 Å². The zero-order valence-electron chi connectivity index (χ0n) is 15.7. The number of likely N-dealkylation sites (N-methyl/N-ethyl adjacent to an activating group) is 1. The smallest absolute Gasteiger partial charge is 0.313 e. The summed E-state index contributed by atoms with van der Waals surface area (Å²) in [6.07, 6.45) is 4.25. The summed E-state index contributed by atoms with van der Waals surface area (Å²) in [7, 11) is 1.66. The fourth-order valence-corrected chi connectivity index (χ4v) is 4.78. The number of hydrogen-bond acceptors (Lipinski definition) is 5. The zero-order chi connectivity index (χ0) is 19.7. The third kappa shape index (κ3) is 3.17. The number of rotatable bonds is 4. The molecule has 1 aromatic heterocycles. The normalized spacial score (nSPS) is 18.8. The molecule has 28 heavy (non-hydrogen) atoms. The molecule has 0 unspecified atom stereocenters. The van der Waals surface area contributed by atoms with E-state index in [2.05, 4.69) is 10.3 Å². The molecule has 1 aromatic carbocycles. The van der Waals surface area contributed by atoms with Crippen LogP contribution in [0.25, 0.3) is 11.3 Å². The summed E-state index contributed by atoms with van der Waals surface area (Å²) < 4.78 is 0. The first-order chi connectivity index (χ1) is 13.5. The monoisotopic (exact) mass is 398 g/mol. The van der Waals surface area contributed by atoms with Crippen LogP contribution in [0.3, 0.4) is 0 Å². The molecule has 0 bridgehead atoms. The second kappa shape index (κ2) is 7.35. The molecule has 2 heterocycles. The van der Waals surface area contributed by atoms with Gasteiger partial charge in [-0.05, 0) is 12.8 Å². The van der Waals surface area contributed by atoms with Crippen molar-refractivity contribution in [3.8, 4) is 11.3 Å². The molecular weight excluding hydrogens is 376 g/mol. The van der Waals surface area contributed by atoms with Gasteiger partial charge in [-0.3, -0.25) is 14.5 Å². The number of amides is 4. The number of carbonyl (C=O) groups excluding carboxylic acids is 3. The van der Waals surface area contributed by atoms with Crippen molar-refractivity contribution in [2.45, 2.75) is 37.6 Å². The molecular formula is C20H22N4O3S. The summed E-state index contributed by atoms with van der Waals surface area (Å²) >= 11 is 1.31. The Morgan fingerprint density at radius 3 is 2.61 bits per heavy atom. The number of carbonyl (C=O) groups is 3. The summed E-state index contributed by atoms with van der Waals surface area (Å²) in [5, 5.41) is 5.02. The number of hydrogen-bond donors (Lipinski definition) is 1. The topological polar surface area (TPSA) is 82.6 Å². The summed E-state index contributed by atoms with van der Waals surface area (Å²) in [5.74, 6) is -0.670. The van der Waals surface area contributed by atoms with E-state index in [0.717, 1.165) is 35.4 Å². The molecule has 7 nitrogen and oxygen atoms in total. The molecule has 4 rings (SSSR count). The minimum atomic E-state index is -0.767. The molecule has 2 fully saturated rings. The lowest BCUT2D eigenvalue weighted by molar-refractivity contribution is -0.136. The third-order valence-electron chi connectivity index (χ3n) is 5.61. The van der Waals surface area contributed by atoms with Crippen LogP contribution in [0.4, 0.5) is 9.93 Å². The lowest BCUT2D eigenvalue weighted by atomic mass is 9.81. The van der Waals surface area contributed by atoms with E-state index in [9.17, 15) is 14.4 Å². The second-order valence-electron chi connectivity index (χ2n) is 7.28. The summed E-state index contributed by atoms with van der Waals surface area (Å²) in [6.45, 7) is -0.288. The highest BCUT2D eigenvalue weighted by molar-refractivity contribution is 7.14. The SMILES string of the molecule is CN1C(=O)N(CC(=O)Nc2nc(-c3ccccc3)cs2)C(=O)C12CCCCC2. The van der Waals surface area contributed by atoms with Crippen molar-refractivity contribution in [3.63, 3.8) is 0 Å². The quantitative estimate of drug-likeness (QED) is 0.801. The van der Waals surface area contributed by atoms with Crippen LogP contribution in [-0.2, 0) is 9.59 Å². The fraction of sp³-hybridized carbons (Fsp3) is 0.400. The first-order valence-electron chi connectivity index (χ1n) is 9.42. The molecule has 1 saturated carbocycles. The van der Waals surface area contributed by atoms with Crippen molar-refractivity contribution in [2.24, 2.45) is 0 Å². The molecule has 146 valence electrons. The standard InChI is InChI=1S/C20H22N4O3S/c1-23-19(27)24(17(26)20(23)10-6-3-7-11-20)12-16(25)22-18-21-15(13-28-18)14-8-4-2-5-9-14/h2,4-5,8-9,13H,3,6-7,10-12H2,1H3,(H,21,22,25). The number of benzene rings is 1. The van der Waals surface area contributed by atoms with Crippen molar-refractivity contribution in [1.29, 1.82) is 0 Å². The predicted molar refractivity (Wildman–Crippen MR) is 107 cm³/mol. The molecule has 0 atom stereocenters. The number of anilines is 1. The van der Waals surface area contributed by atoms with E-state index in [1.165, 1.54) is 16.2 Å². The van der Waals surface area contributed by atoms with E-state index in [0.29, 0.717) is 18.0 Å². The van der Waals surface area contributed by atoms with Crippen LogP contribution >= 0.6 is 11.3 Å². The van der Waals surface area contributed by atoms with E-state index in [-0.39, 0.29) is 12.5 Å². The molecule has 1 aliphatic heterocycles. The van der Waals surface area contributed by atoms with Crippen LogP contribution < -0.4 is 5.32 Å². The lowest BCUT2D eigenvalue weighted by Gasteiger charge is -2.35. The molecule has 1 aliphatic carbocycles. The molecule has 2 aliphatic rings. The number of aromatic nitrogens is 1. The van der Waals surface area contributed by atoms with Gasteiger partial charge in [-0.1, -0.05) is 49.6 Å². The highest BCUT2D eigenvalue weighted by Gasteiger charge is 2.55. The van der Waals surface area contributed by atoms with Crippen LogP contribution in [0, 0.1) is 0 Å². The fourth-order valence-electron chi connectivity index (χ4n) is 4.05. The van der Waals surface area contributed by atoms with Gasteiger partial charge in [0.25, 0.3) is 5.91 Å². The van der Waals surface area contributed by atoms with Gasteiger partial charge in [0.2, 0.25) is 5.91 Å². The third-order valence-corrected chi connectivity index (χ3v) is 6.36. The Balaban J connectivity index is 1.43. The van der Waals surface area contributed by atoms with Crippen molar-refractivity contribution in [2.75, 3.05) is 18.9 Å². The second-order valence-corrected chi connectivity index (χ2v) is 8.14. The largest absolute Gasteiger partial charge is 0.327 e. The average Bonchev–Trinajstić information content (AvgIpc) is 3.25. The van der Waals surface area contributed by atoms with Crippen molar-refractivity contribution < 1.29 is 14.4 Å². The Bertz CT molecular complexity index is 905. The number of nitrogens with zero attached hydrogens (tertiary/aromatic N) is 3. The van der Waals surface area contributed by atoms with Crippen LogP contribution in [0.15, 0.2) is 35.7 Å². The van der Waals surface area contributed by atoms with Gasteiger partial charge in [0.1, 0.15) is 12.1 Å². The van der Waals surface area contributed by atoms with Crippen molar-refractivity contribution >= 4 is 34.3 Å². The predicted octanol–water partition coefficient (Wildman–Crippen LogP) is 3.35. The highest BCUT2D eigenvalue weighted by atomic mass is 32.1. The van der Waals surface area contributed by atoms with Gasteiger partial charge in [0.15, 0.2) is 5.13 Å². The maximum absolute atomic E-state index is 13.0. The molecule has 0 radical (unpaired) electrons.